The number of nitrogens with zero attached hydrogens (tertiary/aromatic N) is 4. The van der Waals surface area contributed by atoms with Crippen LogP contribution >= 0.6 is 0 Å². The van der Waals surface area contributed by atoms with E-state index in [1.165, 1.54) is 12.7 Å². The average molecular weight is 266 g/mol. The van der Waals surface area contributed by atoms with Crippen molar-refractivity contribution in [1.82, 2.24) is 9.97 Å². The van der Waals surface area contributed by atoms with Crippen molar-refractivity contribution in [2.45, 2.75) is 38.1 Å². The number of hydrogen-bond acceptors (Lipinski definition) is 7. The zero-order valence-corrected chi connectivity index (χ0v) is 10.9. The van der Waals surface area contributed by atoms with Crippen molar-refractivity contribution in [2.24, 2.45) is 5.84 Å². The fraction of sp³-hybridized carbons (Fsp3) is 0.636. The number of hydrazine groups is 1. The molecular formula is C11H18N6O2. The van der Waals surface area contributed by atoms with E-state index in [4.69, 9.17) is 5.84 Å². The summed E-state index contributed by atoms with van der Waals surface area (Å²) in [6.07, 6.45) is 6.88. The molecule has 0 bridgehead atoms. The Morgan fingerprint density at radius 2 is 2.11 bits per heavy atom. The van der Waals surface area contributed by atoms with Crippen molar-refractivity contribution in [3.05, 3.63) is 16.4 Å². The number of hydrogen-bond donors (Lipinski definition) is 2. The smallest absolute Gasteiger partial charge is 0.351 e. The molecule has 0 aliphatic heterocycles. The Morgan fingerprint density at radius 3 is 2.68 bits per heavy atom. The molecule has 1 aliphatic rings. The van der Waals surface area contributed by atoms with Gasteiger partial charge in [-0.25, -0.2) is 15.8 Å². The second-order valence-electron chi connectivity index (χ2n) is 4.70. The SMILES string of the molecule is CN(c1ncnc(NN)c1[N+](=O)[O-])C1CCCCC1. The largest absolute Gasteiger partial charge is 0.354 e. The lowest BCUT2D eigenvalue weighted by atomic mass is 9.94. The molecular weight excluding hydrogens is 248 g/mol. The van der Waals surface area contributed by atoms with Gasteiger partial charge in [0.2, 0.25) is 11.6 Å². The number of nitrogens with one attached hydrogen (secondary N) is 1. The summed E-state index contributed by atoms with van der Waals surface area (Å²) in [7, 11) is 1.84. The van der Waals surface area contributed by atoms with Crippen LogP contribution in [0.5, 0.6) is 0 Å². The van der Waals surface area contributed by atoms with Gasteiger partial charge in [-0.15, -0.1) is 0 Å². The minimum atomic E-state index is -0.496. The van der Waals surface area contributed by atoms with Gasteiger partial charge in [-0.05, 0) is 12.8 Å². The third-order valence-electron chi connectivity index (χ3n) is 3.58. The maximum Gasteiger partial charge on any atom is 0.354 e. The molecule has 3 N–H and O–H groups in total. The molecule has 0 saturated heterocycles. The molecule has 0 amide bonds. The van der Waals surface area contributed by atoms with Crippen LogP contribution in [0.3, 0.4) is 0 Å². The summed E-state index contributed by atoms with van der Waals surface area (Å²) in [4.78, 5) is 20.4. The Balaban J connectivity index is 2.34. The topological polar surface area (TPSA) is 110 Å². The third-order valence-corrected chi connectivity index (χ3v) is 3.58. The van der Waals surface area contributed by atoms with E-state index in [0.717, 1.165) is 25.7 Å². The zero-order chi connectivity index (χ0) is 13.8. The number of nitro groups is 1. The van der Waals surface area contributed by atoms with Gasteiger partial charge in [0.25, 0.3) is 0 Å². The number of rotatable bonds is 4. The highest BCUT2D eigenvalue weighted by molar-refractivity contribution is 5.69. The van der Waals surface area contributed by atoms with Crippen molar-refractivity contribution < 1.29 is 4.92 Å². The zero-order valence-electron chi connectivity index (χ0n) is 10.9. The first-order valence-corrected chi connectivity index (χ1v) is 6.34. The lowest BCUT2D eigenvalue weighted by Crippen LogP contribution is -2.34. The van der Waals surface area contributed by atoms with Gasteiger partial charge in [-0.2, -0.15) is 0 Å². The van der Waals surface area contributed by atoms with Gasteiger partial charge in [0.1, 0.15) is 6.33 Å². The van der Waals surface area contributed by atoms with Crippen molar-refractivity contribution in [3.8, 4) is 0 Å². The van der Waals surface area contributed by atoms with Crippen molar-refractivity contribution >= 4 is 17.3 Å². The standard InChI is InChI=1S/C11H18N6O2/c1-16(8-5-3-2-4-6-8)11-9(17(18)19)10(15-12)13-7-14-11/h7-8H,2-6,12H2,1H3,(H,13,14,15). The average Bonchev–Trinajstić information content (AvgIpc) is 2.46. The molecule has 0 atom stereocenters. The number of aromatic nitrogens is 2. The van der Waals surface area contributed by atoms with Crippen LogP contribution < -0.4 is 16.2 Å². The highest BCUT2D eigenvalue weighted by atomic mass is 16.6. The monoisotopic (exact) mass is 266 g/mol. The van der Waals surface area contributed by atoms with Gasteiger partial charge in [0.15, 0.2) is 0 Å². The molecule has 2 rings (SSSR count). The van der Waals surface area contributed by atoms with E-state index in [9.17, 15) is 10.1 Å². The van der Waals surface area contributed by atoms with Crippen LogP contribution in [0.1, 0.15) is 32.1 Å². The first-order valence-electron chi connectivity index (χ1n) is 6.34. The predicted octanol–water partition coefficient (Wildman–Crippen LogP) is 1.44. The molecule has 1 aromatic rings. The van der Waals surface area contributed by atoms with Crippen LogP contribution in [0, 0.1) is 10.1 Å². The highest BCUT2D eigenvalue weighted by Crippen LogP contribution is 2.34. The summed E-state index contributed by atoms with van der Waals surface area (Å²) < 4.78 is 0. The van der Waals surface area contributed by atoms with E-state index >= 15 is 0 Å². The van der Waals surface area contributed by atoms with E-state index < -0.39 is 4.92 Å². The number of nitrogen functional groups attached to an aromatic ring is 1. The molecule has 0 aromatic carbocycles. The molecule has 1 saturated carbocycles. The highest BCUT2D eigenvalue weighted by Gasteiger charge is 2.29. The minimum Gasteiger partial charge on any atom is -0.351 e. The molecule has 104 valence electrons. The summed E-state index contributed by atoms with van der Waals surface area (Å²) in [5.41, 5.74) is 2.09. The second kappa shape index (κ2) is 5.79. The van der Waals surface area contributed by atoms with E-state index in [-0.39, 0.29) is 17.5 Å². The van der Waals surface area contributed by atoms with Crippen molar-refractivity contribution in [3.63, 3.8) is 0 Å². The van der Waals surface area contributed by atoms with Crippen LogP contribution in [-0.4, -0.2) is 28.0 Å². The molecule has 0 unspecified atom stereocenters. The summed E-state index contributed by atoms with van der Waals surface area (Å²) >= 11 is 0. The van der Waals surface area contributed by atoms with Gasteiger partial charge in [-0.3, -0.25) is 10.1 Å². The lowest BCUT2D eigenvalue weighted by molar-refractivity contribution is -0.383. The van der Waals surface area contributed by atoms with E-state index in [2.05, 4.69) is 15.4 Å². The maximum atomic E-state index is 11.2. The van der Waals surface area contributed by atoms with Gasteiger partial charge in [-0.1, -0.05) is 19.3 Å². The Hall–Kier alpha value is -1.96. The van der Waals surface area contributed by atoms with Crippen LogP contribution in [0.4, 0.5) is 17.3 Å². The molecule has 8 heteroatoms. The Kier molecular flexibility index (Phi) is 4.10. The first kappa shape index (κ1) is 13.5. The molecule has 19 heavy (non-hydrogen) atoms. The molecule has 1 fully saturated rings. The minimum absolute atomic E-state index is 0.0395. The predicted molar refractivity (Wildman–Crippen MR) is 71.8 cm³/mol. The Morgan fingerprint density at radius 1 is 1.42 bits per heavy atom. The van der Waals surface area contributed by atoms with Crippen LogP contribution in [0.25, 0.3) is 0 Å². The van der Waals surface area contributed by atoms with Gasteiger partial charge in [0, 0.05) is 13.1 Å². The number of anilines is 2. The normalized spacial score (nSPS) is 16.1. The summed E-state index contributed by atoms with van der Waals surface area (Å²) in [5, 5.41) is 11.2. The van der Waals surface area contributed by atoms with E-state index in [0.29, 0.717) is 5.82 Å². The fourth-order valence-electron chi connectivity index (χ4n) is 2.54. The van der Waals surface area contributed by atoms with Crippen molar-refractivity contribution in [2.75, 3.05) is 17.4 Å². The van der Waals surface area contributed by atoms with Gasteiger partial charge in [0.05, 0.1) is 4.92 Å². The Bertz CT molecular complexity index is 460. The molecule has 0 spiro atoms. The summed E-state index contributed by atoms with van der Waals surface area (Å²) in [5.74, 6) is 5.63. The summed E-state index contributed by atoms with van der Waals surface area (Å²) in [6.45, 7) is 0. The second-order valence-corrected chi connectivity index (χ2v) is 4.70. The lowest BCUT2D eigenvalue weighted by Gasteiger charge is -2.31. The first-order chi connectivity index (χ1) is 9.15. The van der Waals surface area contributed by atoms with Crippen LogP contribution in [0.2, 0.25) is 0 Å². The maximum absolute atomic E-state index is 11.2. The van der Waals surface area contributed by atoms with Crippen molar-refractivity contribution in [1.29, 1.82) is 0 Å². The molecule has 8 nitrogen and oxygen atoms in total. The van der Waals surface area contributed by atoms with E-state index in [1.807, 2.05) is 11.9 Å². The fourth-order valence-corrected chi connectivity index (χ4v) is 2.54. The van der Waals surface area contributed by atoms with Gasteiger partial charge < -0.3 is 10.3 Å². The molecule has 1 aromatic heterocycles. The Labute approximate surface area is 111 Å². The number of nitrogens with two attached hydrogens (primary N) is 1. The molecule has 1 aliphatic carbocycles. The van der Waals surface area contributed by atoms with Gasteiger partial charge >= 0.3 is 5.69 Å². The molecule has 1 heterocycles. The summed E-state index contributed by atoms with van der Waals surface area (Å²) in [6, 6.07) is 0.285. The van der Waals surface area contributed by atoms with Crippen LogP contribution in [-0.2, 0) is 0 Å². The quantitative estimate of drug-likeness (QED) is 0.482. The third kappa shape index (κ3) is 2.73. The molecule has 0 radical (unpaired) electrons. The van der Waals surface area contributed by atoms with Crippen LogP contribution in [0.15, 0.2) is 6.33 Å². The van der Waals surface area contributed by atoms with E-state index in [1.54, 1.807) is 0 Å².